The van der Waals surface area contributed by atoms with E-state index in [0.717, 1.165) is 22.4 Å². The second kappa shape index (κ2) is 5.57. The molecule has 106 valence electrons. The number of alkyl halides is 1. The van der Waals surface area contributed by atoms with Gasteiger partial charge in [0, 0.05) is 11.6 Å². The average molecular weight is 347 g/mol. The van der Waals surface area contributed by atoms with Crippen LogP contribution < -0.4 is 0 Å². The molecule has 3 aromatic carbocycles. The molecule has 0 N–H and O–H groups in total. The number of rotatable bonds is 2. The second-order valence-electron chi connectivity index (χ2n) is 5.09. The molecule has 0 amide bonds. The summed E-state index contributed by atoms with van der Waals surface area (Å²) in [5.74, 6) is -1.05. The van der Waals surface area contributed by atoms with Crippen molar-refractivity contribution in [1.82, 2.24) is 0 Å². The zero-order valence-electron chi connectivity index (χ0n) is 11.4. The summed E-state index contributed by atoms with van der Waals surface area (Å²) in [6, 6.07) is 16.5. The minimum atomic E-state index is -0.534. The lowest BCUT2D eigenvalue weighted by Gasteiger charge is -2.14. The van der Waals surface area contributed by atoms with Gasteiger partial charge in [-0.05, 0) is 41.0 Å². The van der Waals surface area contributed by atoms with Gasteiger partial charge in [0.1, 0.15) is 11.6 Å². The molecular formula is C18H13BrF2. The highest BCUT2D eigenvalue weighted by molar-refractivity contribution is 9.09. The Kier molecular flexibility index (Phi) is 3.77. The molecule has 0 saturated heterocycles. The third-order valence-electron chi connectivity index (χ3n) is 3.62. The molecule has 0 aromatic heterocycles. The largest absolute Gasteiger partial charge is 0.207 e. The Balaban J connectivity index is 2.07. The SMILES string of the molecule is Cc1cc(C(Br)c2ccc3ccccc3c2)c(F)cc1F. The molecule has 0 nitrogen and oxygen atoms in total. The molecule has 0 saturated carbocycles. The van der Waals surface area contributed by atoms with E-state index in [9.17, 15) is 8.78 Å². The Labute approximate surface area is 130 Å². The van der Waals surface area contributed by atoms with E-state index < -0.39 is 11.6 Å². The van der Waals surface area contributed by atoms with Crippen molar-refractivity contribution in [2.45, 2.75) is 11.8 Å². The summed E-state index contributed by atoms with van der Waals surface area (Å²) in [4.78, 5) is -0.304. The Bertz CT molecular complexity index is 811. The molecule has 0 fully saturated rings. The molecule has 0 heterocycles. The standard InChI is InChI=1S/C18H13BrF2/c1-11-8-15(17(21)10-16(11)20)18(19)14-7-6-12-4-2-3-5-13(12)9-14/h2-10,18H,1H3. The van der Waals surface area contributed by atoms with Gasteiger partial charge in [-0.15, -0.1) is 0 Å². The van der Waals surface area contributed by atoms with Gasteiger partial charge in [-0.3, -0.25) is 0 Å². The van der Waals surface area contributed by atoms with E-state index in [1.54, 1.807) is 13.0 Å². The van der Waals surface area contributed by atoms with Crippen LogP contribution in [0.25, 0.3) is 10.8 Å². The highest BCUT2D eigenvalue weighted by Gasteiger charge is 2.17. The third kappa shape index (κ3) is 2.70. The van der Waals surface area contributed by atoms with Gasteiger partial charge in [-0.1, -0.05) is 52.3 Å². The zero-order chi connectivity index (χ0) is 15.0. The van der Waals surface area contributed by atoms with Crippen LogP contribution in [0.1, 0.15) is 21.5 Å². The first-order chi connectivity index (χ1) is 10.1. The van der Waals surface area contributed by atoms with Crippen LogP contribution >= 0.6 is 15.9 Å². The van der Waals surface area contributed by atoms with Crippen molar-refractivity contribution in [3.63, 3.8) is 0 Å². The molecular weight excluding hydrogens is 334 g/mol. The van der Waals surface area contributed by atoms with Crippen molar-refractivity contribution in [3.05, 3.63) is 82.9 Å². The van der Waals surface area contributed by atoms with Crippen molar-refractivity contribution >= 4 is 26.7 Å². The van der Waals surface area contributed by atoms with Crippen molar-refractivity contribution in [1.29, 1.82) is 0 Å². The van der Waals surface area contributed by atoms with Gasteiger partial charge in [-0.25, -0.2) is 8.78 Å². The Morgan fingerprint density at radius 2 is 1.57 bits per heavy atom. The molecule has 0 bridgehead atoms. The molecule has 1 atom stereocenters. The fraction of sp³-hybridized carbons (Fsp3) is 0.111. The van der Waals surface area contributed by atoms with Crippen LogP contribution in [0.5, 0.6) is 0 Å². The van der Waals surface area contributed by atoms with E-state index in [1.807, 2.05) is 42.5 Å². The van der Waals surface area contributed by atoms with E-state index in [4.69, 9.17) is 0 Å². The number of hydrogen-bond donors (Lipinski definition) is 0. The summed E-state index contributed by atoms with van der Waals surface area (Å²) in [5, 5.41) is 2.23. The smallest absolute Gasteiger partial charge is 0.130 e. The van der Waals surface area contributed by atoms with Gasteiger partial charge >= 0.3 is 0 Å². The van der Waals surface area contributed by atoms with Crippen LogP contribution in [0.3, 0.4) is 0 Å². The molecule has 0 aliphatic heterocycles. The van der Waals surface area contributed by atoms with Crippen LogP contribution in [-0.4, -0.2) is 0 Å². The number of benzene rings is 3. The predicted molar refractivity (Wildman–Crippen MR) is 85.8 cm³/mol. The number of hydrogen-bond acceptors (Lipinski definition) is 0. The van der Waals surface area contributed by atoms with Crippen LogP contribution in [0, 0.1) is 18.6 Å². The summed E-state index contributed by atoms with van der Waals surface area (Å²) in [7, 11) is 0. The van der Waals surface area contributed by atoms with Crippen LogP contribution in [-0.2, 0) is 0 Å². The van der Waals surface area contributed by atoms with Crippen LogP contribution in [0.15, 0.2) is 54.6 Å². The zero-order valence-corrected chi connectivity index (χ0v) is 13.0. The molecule has 0 radical (unpaired) electrons. The fourth-order valence-corrected chi connectivity index (χ4v) is 3.05. The first kappa shape index (κ1) is 14.2. The maximum absolute atomic E-state index is 14.0. The van der Waals surface area contributed by atoms with Crippen molar-refractivity contribution in [2.75, 3.05) is 0 Å². The van der Waals surface area contributed by atoms with Crippen LogP contribution in [0.4, 0.5) is 8.78 Å². The normalized spacial score (nSPS) is 12.6. The third-order valence-corrected chi connectivity index (χ3v) is 4.64. The summed E-state index contributed by atoms with van der Waals surface area (Å²) in [6.07, 6.45) is 0. The average Bonchev–Trinajstić information content (AvgIpc) is 2.50. The van der Waals surface area contributed by atoms with Crippen molar-refractivity contribution < 1.29 is 8.78 Å². The van der Waals surface area contributed by atoms with Gasteiger partial charge < -0.3 is 0 Å². The highest BCUT2D eigenvalue weighted by Crippen LogP contribution is 2.34. The number of fused-ring (bicyclic) bond motifs is 1. The molecule has 1 unspecified atom stereocenters. The van der Waals surface area contributed by atoms with E-state index in [0.29, 0.717) is 11.1 Å². The minimum Gasteiger partial charge on any atom is -0.207 e. The highest BCUT2D eigenvalue weighted by atomic mass is 79.9. The fourth-order valence-electron chi connectivity index (χ4n) is 2.42. The van der Waals surface area contributed by atoms with E-state index in [-0.39, 0.29) is 4.83 Å². The molecule has 0 aliphatic rings. The molecule has 3 aromatic rings. The van der Waals surface area contributed by atoms with Gasteiger partial charge in [-0.2, -0.15) is 0 Å². The van der Waals surface area contributed by atoms with Gasteiger partial charge in [0.2, 0.25) is 0 Å². The maximum atomic E-state index is 14.0. The lowest BCUT2D eigenvalue weighted by molar-refractivity contribution is 0.569. The topological polar surface area (TPSA) is 0 Å². The minimum absolute atomic E-state index is 0.304. The molecule has 3 rings (SSSR count). The lowest BCUT2D eigenvalue weighted by Crippen LogP contribution is -1.99. The van der Waals surface area contributed by atoms with Gasteiger partial charge in [0.05, 0.1) is 4.83 Å². The summed E-state index contributed by atoms with van der Waals surface area (Å²) in [6.45, 7) is 1.64. The Morgan fingerprint density at radius 3 is 2.33 bits per heavy atom. The van der Waals surface area contributed by atoms with Gasteiger partial charge in [0.15, 0.2) is 0 Å². The summed E-state index contributed by atoms with van der Waals surface area (Å²) in [5.41, 5.74) is 1.83. The van der Waals surface area contributed by atoms with Gasteiger partial charge in [0.25, 0.3) is 0 Å². The van der Waals surface area contributed by atoms with Crippen LogP contribution in [0.2, 0.25) is 0 Å². The molecule has 3 heteroatoms. The predicted octanol–water partition coefficient (Wildman–Crippen LogP) is 5.91. The quantitative estimate of drug-likeness (QED) is 0.506. The Morgan fingerprint density at radius 1 is 0.857 bits per heavy atom. The first-order valence-corrected chi connectivity index (χ1v) is 7.56. The molecule has 21 heavy (non-hydrogen) atoms. The molecule has 0 aliphatic carbocycles. The number of aryl methyl sites for hydroxylation is 1. The number of halogens is 3. The van der Waals surface area contributed by atoms with E-state index >= 15 is 0 Å². The van der Waals surface area contributed by atoms with E-state index in [1.165, 1.54) is 0 Å². The molecule has 0 spiro atoms. The van der Waals surface area contributed by atoms with Crippen molar-refractivity contribution in [2.24, 2.45) is 0 Å². The monoisotopic (exact) mass is 346 g/mol. The van der Waals surface area contributed by atoms with E-state index in [2.05, 4.69) is 15.9 Å². The summed E-state index contributed by atoms with van der Waals surface area (Å²) >= 11 is 3.53. The summed E-state index contributed by atoms with van der Waals surface area (Å²) < 4.78 is 27.4. The van der Waals surface area contributed by atoms with Crippen molar-refractivity contribution in [3.8, 4) is 0 Å². The Hall–Kier alpha value is -1.74. The second-order valence-corrected chi connectivity index (χ2v) is 6.01. The first-order valence-electron chi connectivity index (χ1n) is 6.64. The maximum Gasteiger partial charge on any atom is 0.130 e. The lowest BCUT2D eigenvalue weighted by atomic mass is 9.99.